The molecule has 0 N–H and O–H groups in total. The Hall–Kier alpha value is -0.950. The minimum Gasteiger partial charge on any atom is -0.460 e. The average Bonchev–Trinajstić information content (AvgIpc) is 1.99. The van der Waals surface area contributed by atoms with Crippen molar-refractivity contribution in [1.29, 1.82) is 0 Å². The predicted octanol–water partition coefficient (Wildman–Crippen LogP) is 2.94. The van der Waals surface area contributed by atoms with E-state index in [-0.39, 0.29) is 0 Å². The van der Waals surface area contributed by atoms with E-state index in [1.165, 1.54) is 0 Å². The van der Waals surface area contributed by atoms with Crippen LogP contribution in [0.1, 0.15) is 0 Å². The number of hydrogen-bond donors (Lipinski definition) is 0. The van der Waals surface area contributed by atoms with Crippen molar-refractivity contribution >= 4 is 0 Å². The molecule has 0 aromatic carbocycles. The summed E-state index contributed by atoms with van der Waals surface area (Å²) < 4.78 is 83.4. The van der Waals surface area contributed by atoms with Gasteiger partial charge in [-0.3, -0.25) is 0 Å². The molecule has 0 spiro atoms. The van der Waals surface area contributed by atoms with Crippen LogP contribution in [0.2, 0.25) is 0 Å². The van der Waals surface area contributed by atoms with Crippen molar-refractivity contribution in [3.63, 3.8) is 0 Å². The van der Waals surface area contributed by atoms with Crippen LogP contribution >= 0.6 is 0 Å². The Kier molecular flexibility index (Phi) is 4.02. The van der Waals surface area contributed by atoms with Gasteiger partial charge >= 0.3 is 24.4 Å². The van der Waals surface area contributed by atoms with Gasteiger partial charge < -0.3 is 4.74 Å². The highest BCUT2D eigenvalue weighted by Crippen LogP contribution is 2.24. The lowest BCUT2D eigenvalue weighted by atomic mass is 10.4. The van der Waals surface area contributed by atoms with Crippen molar-refractivity contribution in [3.8, 4) is 0 Å². The van der Waals surface area contributed by atoms with E-state index in [0.717, 1.165) is 0 Å². The molecule has 0 fully saturated rings. The molecular weight excluding hydrogens is 209 g/mol. The van der Waals surface area contributed by atoms with Gasteiger partial charge in [0.1, 0.15) is 0 Å². The minimum absolute atomic E-state index is 2.13. The predicted molar refractivity (Wildman–Crippen MR) is 27.3 cm³/mol. The van der Waals surface area contributed by atoms with E-state index in [2.05, 4.69) is 4.74 Å². The van der Waals surface area contributed by atoms with Crippen LogP contribution in [0, 0.1) is 0 Å². The van der Waals surface area contributed by atoms with Crippen LogP contribution in [0.3, 0.4) is 0 Å². The SMILES string of the molecule is FC(F)=C(F)OCC(F)(F)C(F)F. The molecule has 0 heterocycles. The first-order valence-electron chi connectivity index (χ1n) is 2.77. The maximum Gasteiger partial charge on any atom is 0.342 e. The van der Waals surface area contributed by atoms with Crippen molar-refractivity contribution in [1.82, 2.24) is 0 Å². The topological polar surface area (TPSA) is 9.23 Å². The monoisotopic (exact) mass is 212 g/mol. The molecule has 0 aliphatic heterocycles. The molecule has 0 bridgehead atoms. The molecule has 1 nitrogen and oxygen atoms in total. The summed E-state index contributed by atoms with van der Waals surface area (Å²) in [5.41, 5.74) is 0. The summed E-state index contributed by atoms with van der Waals surface area (Å²) in [6.07, 6.45) is -7.08. The molecule has 0 rings (SSSR count). The van der Waals surface area contributed by atoms with Gasteiger partial charge in [-0.2, -0.15) is 22.0 Å². The smallest absolute Gasteiger partial charge is 0.342 e. The van der Waals surface area contributed by atoms with Crippen LogP contribution in [0.5, 0.6) is 0 Å². The first kappa shape index (κ1) is 12.0. The fraction of sp³-hybridized carbons (Fsp3) is 0.600. The zero-order valence-electron chi connectivity index (χ0n) is 5.84. The normalized spacial score (nSPS) is 11.7. The van der Waals surface area contributed by atoms with E-state index in [4.69, 9.17) is 0 Å². The molecule has 78 valence electrons. The van der Waals surface area contributed by atoms with E-state index in [1.807, 2.05) is 0 Å². The van der Waals surface area contributed by atoms with E-state index in [9.17, 15) is 30.7 Å². The average molecular weight is 212 g/mol. The van der Waals surface area contributed by atoms with Crippen LogP contribution in [0.25, 0.3) is 0 Å². The number of alkyl halides is 4. The van der Waals surface area contributed by atoms with E-state index in [1.54, 1.807) is 0 Å². The van der Waals surface area contributed by atoms with Crippen LogP contribution in [0.4, 0.5) is 30.7 Å². The fourth-order valence-electron chi connectivity index (χ4n) is 0.277. The molecular formula is C5H3F7O. The van der Waals surface area contributed by atoms with E-state index >= 15 is 0 Å². The van der Waals surface area contributed by atoms with E-state index < -0.39 is 31.0 Å². The first-order valence-corrected chi connectivity index (χ1v) is 2.77. The van der Waals surface area contributed by atoms with Crippen molar-refractivity contribution in [2.75, 3.05) is 6.61 Å². The Morgan fingerprint density at radius 2 is 1.62 bits per heavy atom. The van der Waals surface area contributed by atoms with Gasteiger partial charge in [0.25, 0.3) is 0 Å². The molecule has 0 atom stereocenters. The van der Waals surface area contributed by atoms with Gasteiger partial charge in [0.05, 0.1) is 0 Å². The van der Waals surface area contributed by atoms with E-state index in [0.29, 0.717) is 0 Å². The molecule has 0 saturated heterocycles. The highest BCUT2D eigenvalue weighted by atomic mass is 19.3. The number of hydrogen-bond acceptors (Lipinski definition) is 1. The lowest BCUT2D eigenvalue weighted by Gasteiger charge is -2.14. The van der Waals surface area contributed by atoms with Crippen LogP contribution in [-0.2, 0) is 4.74 Å². The quantitative estimate of drug-likeness (QED) is 0.514. The third kappa shape index (κ3) is 4.00. The van der Waals surface area contributed by atoms with Crippen LogP contribution in [0.15, 0.2) is 12.1 Å². The largest absolute Gasteiger partial charge is 0.460 e. The maximum absolute atomic E-state index is 11.9. The molecule has 8 heteroatoms. The molecule has 0 aliphatic carbocycles. The molecule has 0 aliphatic rings. The Morgan fingerprint density at radius 3 is 1.92 bits per heavy atom. The third-order valence-corrected chi connectivity index (χ3v) is 0.859. The third-order valence-electron chi connectivity index (χ3n) is 0.859. The summed E-state index contributed by atoms with van der Waals surface area (Å²) in [4.78, 5) is 0. The molecule has 0 amide bonds. The van der Waals surface area contributed by atoms with Gasteiger partial charge in [0, 0.05) is 0 Å². The van der Waals surface area contributed by atoms with Crippen LogP contribution in [-0.4, -0.2) is 19.0 Å². The zero-order valence-corrected chi connectivity index (χ0v) is 5.84. The lowest BCUT2D eigenvalue weighted by molar-refractivity contribution is -0.163. The Bertz CT molecular complexity index is 195. The molecule has 0 unspecified atom stereocenters. The molecule has 0 saturated carbocycles. The van der Waals surface area contributed by atoms with Crippen LogP contribution < -0.4 is 0 Å². The molecule has 13 heavy (non-hydrogen) atoms. The van der Waals surface area contributed by atoms with Gasteiger partial charge in [-0.25, -0.2) is 8.78 Å². The van der Waals surface area contributed by atoms with Crippen molar-refractivity contribution in [2.24, 2.45) is 0 Å². The van der Waals surface area contributed by atoms with Gasteiger partial charge in [0.2, 0.25) is 0 Å². The molecule has 0 aromatic heterocycles. The van der Waals surface area contributed by atoms with Crippen molar-refractivity contribution in [2.45, 2.75) is 12.3 Å². The standard InChI is InChI=1S/C5H3F7O/c6-2(7)3(8)13-1-5(11,12)4(9)10/h4H,1H2. The molecule has 0 aromatic rings. The number of halogens is 7. The highest BCUT2D eigenvalue weighted by Gasteiger charge is 2.42. The number of ether oxygens (including phenoxy) is 1. The summed E-state index contributed by atoms with van der Waals surface area (Å²) in [6.45, 7) is -2.13. The summed E-state index contributed by atoms with van der Waals surface area (Å²) in [6, 6.07) is -2.58. The van der Waals surface area contributed by atoms with Crippen molar-refractivity contribution < 1.29 is 35.5 Å². The summed E-state index contributed by atoms with van der Waals surface area (Å²) in [5, 5.41) is 0. The zero-order chi connectivity index (χ0) is 10.6. The Morgan fingerprint density at radius 1 is 1.15 bits per heavy atom. The minimum atomic E-state index is -4.65. The summed E-state index contributed by atoms with van der Waals surface area (Å²) in [7, 11) is 0. The maximum atomic E-state index is 11.9. The summed E-state index contributed by atoms with van der Waals surface area (Å²) >= 11 is 0. The number of rotatable bonds is 4. The highest BCUT2D eigenvalue weighted by molar-refractivity contribution is 4.82. The summed E-state index contributed by atoms with van der Waals surface area (Å²) in [5.74, 6) is -4.65. The van der Waals surface area contributed by atoms with Gasteiger partial charge in [-0.05, 0) is 0 Å². The van der Waals surface area contributed by atoms with Gasteiger partial charge in [-0.15, -0.1) is 0 Å². The molecule has 0 radical (unpaired) electrons. The Labute approximate surface area is 67.8 Å². The fourth-order valence-corrected chi connectivity index (χ4v) is 0.277. The second-order valence-electron chi connectivity index (χ2n) is 1.88. The first-order chi connectivity index (χ1) is 5.77. The second-order valence-corrected chi connectivity index (χ2v) is 1.88. The Balaban J connectivity index is 4.11. The lowest BCUT2D eigenvalue weighted by Crippen LogP contribution is -2.32. The van der Waals surface area contributed by atoms with Crippen molar-refractivity contribution in [3.05, 3.63) is 12.1 Å². The second kappa shape index (κ2) is 4.33. The van der Waals surface area contributed by atoms with Gasteiger partial charge in [0.15, 0.2) is 6.61 Å². The van der Waals surface area contributed by atoms with Gasteiger partial charge in [-0.1, -0.05) is 0 Å².